The zero-order valence-corrected chi connectivity index (χ0v) is 12.8. The highest BCUT2D eigenvalue weighted by Gasteiger charge is 2.14. The molecule has 0 saturated carbocycles. The quantitative estimate of drug-likeness (QED) is 0.815. The number of nitrogens with zero attached hydrogens (tertiary/aromatic N) is 1. The van der Waals surface area contributed by atoms with E-state index in [4.69, 9.17) is 16.3 Å². The minimum atomic E-state index is -0.614. The van der Waals surface area contributed by atoms with Gasteiger partial charge in [-0.1, -0.05) is 17.7 Å². The van der Waals surface area contributed by atoms with Crippen LogP contribution in [-0.4, -0.2) is 17.1 Å². The van der Waals surface area contributed by atoms with E-state index in [-0.39, 0.29) is 28.6 Å². The van der Waals surface area contributed by atoms with Crippen molar-refractivity contribution in [3.63, 3.8) is 0 Å². The van der Waals surface area contributed by atoms with Gasteiger partial charge in [-0.2, -0.15) is 0 Å². The van der Waals surface area contributed by atoms with Crippen molar-refractivity contribution in [1.29, 1.82) is 0 Å². The van der Waals surface area contributed by atoms with Gasteiger partial charge in [0.25, 0.3) is 5.56 Å². The van der Waals surface area contributed by atoms with Crippen LogP contribution in [0.4, 0.5) is 4.39 Å². The normalized spacial score (nSPS) is 10.7. The minimum Gasteiger partial charge on any atom is -0.378 e. The molecule has 4 nitrogen and oxygen atoms in total. The summed E-state index contributed by atoms with van der Waals surface area (Å²) in [6.45, 7) is 0.178. The van der Waals surface area contributed by atoms with Gasteiger partial charge in [0, 0.05) is 7.11 Å². The fraction of sp³-hybridized carbons (Fsp3) is 0.167. The van der Waals surface area contributed by atoms with Crippen LogP contribution in [0.25, 0.3) is 11.4 Å². The smallest absolute Gasteiger partial charge is 0.264 e. The van der Waals surface area contributed by atoms with Gasteiger partial charge in [-0.15, -0.1) is 0 Å². The van der Waals surface area contributed by atoms with Gasteiger partial charge in [-0.25, -0.2) is 9.37 Å². The molecule has 0 unspecified atom stereocenters. The van der Waals surface area contributed by atoms with Gasteiger partial charge in [0.2, 0.25) is 0 Å². The maximum atomic E-state index is 13.9. The summed E-state index contributed by atoms with van der Waals surface area (Å²) in [6, 6.07) is 4.53. The predicted molar refractivity (Wildman–Crippen MR) is 78.7 cm³/mol. The Bertz CT molecular complexity index is 675. The largest absolute Gasteiger partial charge is 0.378 e. The Kier molecular flexibility index (Phi) is 4.54. The van der Waals surface area contributed by atoms with Crippen LogP contribution < -0.4 is 5.56 Å². The van der Waals surface area contributed by atoms with Crippen LogP contribution in [0.5, 0.6) is 0 Å². The zero-order chi connectivity index (χ0) is 14.0. The van der Waals surface area contributed by atoms with Crippen LogP contribution in [0, 0.1) is 9.39 Å². The van der Waals surface area contributed by atoms with Gasteiger partial charge in [0.05, 0.1) is 22.9 Å². The first-order chi connectivity index (χ1) is 9.04. The standard InChI is InChI=1S/C12H9ClFIN2O2/c1-19-5-8-10(15)12(18)17-11(16-8)6-3-2-4-7(13)9(6)14/h2-4H,5H2,1H3,(H,16,17,18). The fourth-order valence-corrected chi connectivity index (χ4v) is 2.14. The second-order valence-electron chi connectivity index (χ2n) is 3.71. The molecular weight excluding hydrogens is 385 g/mol. The summed E-state index contributed by atoms with van der Waals surface area (Å²) >= 11 is 7.59. The van der Waals surface area contributed by atoms with Crippen LogP contribution in [0.1, 0.15) is 5.69 Å². The third kappa shape index (κ3) is 2.96. The van der Waals surface area contributed by atoms with Gasteiger partial charge >= 0.3 is 0 Å². The molecule has 1 N–H and O–H groups in total. The van der Waals surface area contributed by atoms with E-state index in [9.17, 15) is 9.18 Å². The maximum Gasteiger partial charge on any atom is 0.264 e. The first kappa shape index (κ1) is 14.4. The molecule has 1 aromatic heterocycles. The highest BCUT2D eigenvalue weighted by molar-refractivity contribution is 14.1. The number of aromatic nitrogens is 2. The Morgan fingerprint density at radius 1 is 1.53 bits per heavy atom. The van der Waals surface area contributed by atoms with Crippen molar-refractivity contribution >= 4 is 34.2 Å². The lowest BCUT2D eigenvalue weighted by molar-refractivity contribution is 0.180. The van der Waals surface area contributed by atoms with Gasteiger partial charge in [-0.05, 0) is 34.7 Å². The lowest BCUT2D eigenvalue weighted by Gasteiger charge is -2.07. The molecule has 0 amide bonds. The lowest BCUT2D eigenvalue weighted by Crippen LogP contribution is -2.17. The van der Waals surface area contributed by atoms with Crippen LogP contribution >= 0.6 is 34.2 Å². The van der Waals surface area contributed by atoms with Gasteiger partial charge in [0.15, 0.2) is 5.82 Å². The molecule has 0 saturated heterocycles. The van der Waals surface area contributed by atoms with E-state index in [1.54, 1.807) is 6.07 Å². The second kappa shape index (κ2) is 5.98. The second-order valence-corrected chi connectivity index (χ2v) is 5.20. The highest BCUT2D eigenvalue weighted by atomic mass is 127. The molecule has 0 atom stereocenters. The van der Waals surface area contributed by atoms with E-state index in [0.29, 0.717) is 9.26 Å². The van der Waals surface area contributed by atoms with Crippen molar-refractivity contribution in [2.75, 3.05) is 7.11 Å². The number of ether oxygens (including phenoxy) is 1. The minimum absolute atomic E-state index is 0.0213. The first-order valence-electron chi connectivity index (χ1n) is 5.26. The Morgan fingerprint density at radius 3 is 2.95 bits per heavy atom. The molecule has 0 aliphatic carbocycles. The van der Waals surface area contributed by atoms with E-state index in [1.807, 2.05) is 22.6 Å². The highest BCUT2D eigenvalue weighted by Crippen LogP contribution is 2.25. The summed E-state index contributed by atoms with van der Waals surface area (Å²) in [5, 5.41) is -0.0213. The number of halogens is 3. The topological polar surface area (TPSA) is 55.0 Å². The Balaban J connectivity index is 2.63. The SMILES string of the molecule is COCc1nc(-c2cccc(Cl)c2F)[nH]c(=O)c1I. The molecule has 0 aliphatic rings. The van der Waals surface area contributed by atoms with Crippen LogP contribution in [-0.2, 0) is 11.3 Å². The van der Waals surface area contributed by atoms with E-state index in [1.165, 1.54) is 19.2 Å². The molecule has 0 spiro atoms. The monoisotopic (exact) mass is 394 g/mol. The third-order valence-corrected chi connectivity index (χ3v) is 3.82. The Hall–Kier alpha value is -0.990. The number of H-pyrrole nitrogens is 1. The summed E-state index contributed by atoms with van der Waals surface area (Å²) in [5.41, 5.74) is 0.275. The molecule has 0 bridgehead atoms. The molecule has 0 fully saturated rings. The Morgan fingerprint density at radius 2 is 2.26 bits per heavy atom. The molecule has 2 aromatic rings. The zero-order valence-electron chi connectivity index (χ0n) is 9.84. The lowest BCUT2D eigenvalue weighted by atomic mass is 10.2. The number of aromatic amines is 1. The summed E-state index contributed by atoms with van der Waals surface area (Å²) in [6.07, 6.45) is 0. The van der Waals surface area contributed by atoms with Crippen molar-refractivity contribution in [3.05, 3.63) is 48.7 Å². The summed E-state index contributed by atoms with van der Waals surface area (Å²) in [4.78, 5) is 18.5. The first-order valence-corrected chi connectivity index (χ1v) is 6.72. The number of benzene rings is 1. The van der Waals surface area contributed by atoms with Gasteiger partial charge in [-0.3, -0.25) is 4.79 Å². The molecule has 100 valence electrons. The molecule has 0 aliphatic heterocycles. The van der Waals surface area contributed by atoms with Crippen molar-refractivity contribution in [2.45, 2.75) is 6.61 Å². The fourth-order valence-electron chi connectivity index (χ4n) is 1.55. The molecule has 7 heteroatoms. The van der Waals surface area contributed by atoms with Crippen LogP contribution in [0.3, 0.4) is 0 Å². The van der Waals surface area contributed by atoms with Crippen molar-refractivity contribution in [2.24, 2.45) is 0 Å². The molecule has 1 aromatic carbocycles. The van der Waals surface area contributed by atoms with E-state index in [0.717, 1.165) is 0 Å². The summed E-state index contributed by atoms with van der Waals surface area (Å²) in [7, 11) is 1.50. The Labute approximate surface area is 127 Å². The summed E-state index contributed by atoms with van der Waals surface area (Å²) < 4.78 is 19.3. The summed E-state index contributed by atoms with van der Waals surface area (Å²) in [5.74, 6) is -0.477. The number of nitrogens with one attached hydrogen (secondary N) is 1. The molecule has 1 heterocycles. The molecule has 2 rings (SSSR count). The van der Waals surface area contributed by atoms with Crippen molar-refractivity contribution in [1.82, 2.24) is 9.97 Å². The molecular formula is C12H9ClFIN2O2. The number of hydrogen-bond acceptors (Lipinski definition) is 3. The maximum absolute atomic E-state index is 13.9. The van der Waals surface area contributed by atoms with E-state index in [2.05, 4.69) is 9.97 Å². The molecule has 0 radical (unpaired) electrons. The third-order valence-electron chi connectivity index (χ3n) is 2.42. The number of methoxy groups -OCH3 is 1. The predicted octanol–water partition coefficient (Wildman–Crippen LogP) is 2.98. The average Bonchev–Trinajstić information content (AvgIpc) is 2.38. The average molecular weight is 395 g/mol. The molecule has 19 heavy (non-hydrogen) atoms. The number of hydrogen-bond donors (Lipinski definition) is 1. The van der Waals surface area contributed by atoms with Gasteiger partial charge in [0.1, 0.15) is 9.39 Å². The van der Waals surface area contributed by atoms with E-state index >= 15 is 0 Å². The van der Waals surface area contributed by atoms with E-state index < -0.39 is 5.82 Å². The number of rotatable bonds is 3. The van der Waals surface area contributed by atoms with Gasteiger partial charge < -0.3 is 9.72 Å². The van der Waals surface area contributed by atoms with Crippen LogP contribution in [0.15, 0.2) is 23.0 Å². The van der Waals surface area contributed by atoms with Crippen molar-refractivity contribution in [3.8, 4) is 11.4 Å². The van der Waals surface area contributed by atoms with Crippen LogP contribution in [0.2, 0.25) is 5.02 Å². The van der Waals surface area contributed by atoms with Crippen molar-refractivity contribution < 1.29 is 9.13 Å².